The fourth-order valence-corrected chi connectivity index (χ4v) is 5.07. The first-order valence-corrected chi connectivity index (χ1v) is 22.0. The first-order valence-electron chi connectivity index (χ1n) is 22.0. The Morgan fingerprint density at radius 2 is 0.690 bits per heavy atom. The lowest BCUT2D eigenvalue weighted by Crippen LogP contribution is -2.28. The molecule has 320 valence electrons. The van der Waals surface area contributed by atoms with Gasteiger partial charge in [-0.3, -0.25) is 9.59 Å². The Kier molecular flexibility index (Phi) is 43.3. The van der Waals surface area contributed by atoms with Crippen LogP contribution in [0.4, 0.5) is 0 Å². The molecule has 0 rings (SSSR count). The lowest BCUT2D eigenvalue weighted by molar-refractivity contribution is -0.161. The largest absolute Gasteiger partial charge is 0.462 e. The molecule has 1 unspecified atom stereocenters. The lowest BCUT2D eigenvalue weighted by atomic mass is 10.2. The fraction of sp³-hybridized carbons (Fsp3) is 0.472. The minimum absolute atomic E-state index is 0.126. The molecule has 0 amide bonds. The predicted molar refractivity (Wildman–Crippen MR) is 250 cm³/mol. The van der Waals surface area contributed by atoms with E-state index in [2.05, 4.69) is 172 Å². The fourth-order valence-electron chi connectivity index (χ4n) is 5.07. The van der Waals surface area contributed by atoms with Gasteiger partial charge in [-0.15, -0.1) is 0 Å². The van der Waals surface area contributed by atoms with Crippen LogP contribution in [0, 0.1) is 0 Å². The molecule has 0 heterocycles. The van der Waals surface area contributed by atoms with Crippen LogP contribution in [0.5, 0.6) is 0 Å². The molecule has 5 nitrogen and oxygen atoms in total. The van der Waals surface area contributed by atoms with Crippen molar-refractivity contribution in [1.82, 2.24) is 0 Å². The zero-order valence-corrected chi connectivity index (χ0v) is 36.2. The summed E-state index contributed by atoms with van der Waals surface area (Å²) < 4.78 is 10.5. The van der Waals surface area contributed by atoms with E-state index in [9.17, 15) is 14.7 Å². The van der Waals surface area contributed by atoms with Gasteiger partial charge in [0.25, 0.3) is 0 Å². The molecule has 0 radical (unpaired) electrons. The highest BCUT2D eigenvalue weighted by molar-refractivity contribution is 5.70. The number of allylic oxidation sites excluding steroid dienone is 26. The monoisotopic (exact) mass is 795 g/mol. The van der Waals surface area contributed by atoms with Gasteiger partial charge in [0.15, 0.2) is 6.10 Å². The van der Waals surface area contributed by atoms with E-state index in [1.165, 1.54) is 0 Å². The third-order valence-electron chi connectivity index (χ3n) is 8.32. The van der Waals surface area contributed by atoms with E-state index in [1.54, 1.807) is 0 Å². The van der Waals surface area contributed by atoms with E-state index in [4.69, 9.17) is 9.47 Å². The third-order valence-corrected chi connectivity index (χ3v) is 8.32. The Morgan fingerprint density at radius 3 is 1.02 bits per heavy atom. The van der Waals surface area contributed by atoms with Crippen LogP contribution in [0.15, 0.2) is 158 Å². The molecular formula is C53H78O5. The van der Waals surface area contributed by atoms with Crippen molar-refractivity contribution in [2.75, 3.05) is 13.2 Å². The molecule has 0 fully saturated rings. The van der Waals surface area contributed by atoms with Gasteiger partial charge >= 0.3 is 11.9 Å². The summed E-state index contributed by atoms with van der Waals surface area (Å²) in [4.78, 5) is 24.3. The second kappa shape index (κ2) is 46.9. The molecule has 5 heteroatoms. The Labute approximate surface area is 354 Å². The zero-order chi connectivity index (χ0) is 42.1. The van der Waals surface area contributed by atoms with Gasteiger partial charge in [0.05, 0.1) is 6.61 Å². The van der Waals surface area contributed by atoms with Gasteiger partial charge in [0.2, 0.25) is 0 Å². The van der Waals surface area contributed by atoms with Crippen molar-refractivity contribution in [2.45, 2.75) is 148 Å². The van der Waals surface area contributed by atoms with E-state index >= 15 is 0 Å². The van der Waals surface area contributed by atoms with Crippen LogP contribution < -0.4 is 0 Å². The number of esters is 2. The molecule has 0 spiro atoms. The molecule has 0 aliphatic rings. The number of hydrogen-bond donors (Lipinski definition) is 1. The zero-order valence-electron chi connectivity index (χ0n) is 36.2. The van der Waals surface area contributed by atoms with Crippen LogP contribution >= 0.6 is 0 Å². The summed E-state index contributed by atoms with van der Waals surface area (Å²) in [7, 11) is 0. The number of unbranched alkanes of at least 4 members (excludes halogenated alkanes) is 3. The minimum atomic E-state index is -0.831. The lowest BCUT2D eigenvalue weighted by Gasteiger charge is -2.15. The quantitative estimate of drug-likeness (QED) is 0.0385. The topological polar surface area (TPSA) is 72.8 Å². The molecule has 1 atom stereocenters. The van der Waals surface area contributed by atoms with E-state index < -0.39 is 6.10 Å². The molecule has 0 saturated carbocycles. The SMILES string of the molecule is CC/C=C\C/C=C\C/C=C\C/C=C\C/C=C\C/C=C\C/C=C\C/C=C\CCCCC(=O)OC(CO)COC(=O)CCC/C=C\C/C=C\C/C=C\C/C=C\C/C=C\CC. The third kappa shape index (κ3) is 44.2. The van der Waals surface area contributed by atoms with Crippen LogP contribution in [0.1, 0.15) is 142 Å². The Bertz CT molecular complexity index is 1360. The highest BCUT2D eigenvalue weighted by atomic mass is 16.6. The van der Waals surface area contributed by atoms with Gasteiger partial charge < -0.3 is 14.6 Å². The maximum absolute atomic E-state index is 12.2. The van der Waals surface area contributed by atoms with Gasteiger partial charge in [-0.25, -0.2) is 0 Å². The maximum atomic E-state index is 12.2. The van der Waals surface area contributed by atoms with Crippen molar-refractivity contribution in [2.24, 2.45) is 0 Å². The normalized spacial score (nSPS) is 13.8. The van der Waals surface area contributed by atoms with Crippen LogP contribution in [-0.4, -0.2) is 36.4 Å². The predicted octanol–water partition coefficient (Wildman–Crippen LogP) is 14.5. The number of hydrogen-bond acceptors (Lipinski definition) is 5. The summed E-state index contributed by atoms with van der Waals surface area (Å²) >= 11 is 0. The Hall–Kier alpha value is -4.48. The first kappa shape index (κ1) is 53.5. The number of carbonyl (C=O) groups is 2. The first-order chi connectivity index (χ1) is 28.6. The molecule has 0 aliphatic heterocycles. The molecule has 0 aromatic carbocycles. The molecule has 0 saturated heterocycles. The van der Waals surface area contributed by atoms with Crippen LogP contribution in [0.3, 0.4) is 0 Å². The van der Waals surface area contributed by atoms with E-state index in [0.717, 1.165) is 103 Å². The van der Waals surface area contributed by atoms with E-state index in [1.807, 2.05) is 0 Å². The average molecular weight is 795 g/mol. The Balaban J connectivity index is 3.80. The summed E-state index contributed by atoms with van der Waals surface area (Å²) in [6.07, 6.45) is 73.2. The minimum Gasteiger partial charge on any atom is -0.462 e. The summed E-state index contributed by atoms with van der Waals surface area (Å²) in [5.74, 6) is -0.730. The van der Waals surface area contributed by atoms with Crippen molar-refractivity contribution in [3.05, 3.63) is 158 Å². The van der Waals surface area contributed by atoms with Gasteiger partial charge in [-0.1, -0.05) is 172 Å². The maximum Gasteiger partial charge on any atom is 0.306 e. The van der Waals surface area contributed by atoms with E-state index in [0.29, 0.717) is 12.8 Å². The number of carbonyl (C=O) groups excluding carboxylic acids is 2. The second-order valence-electron chi connectivity index (χ2n) is 13.7. The number of ether oxygens (including phenoxy) is 2. The number of aliphatic hydroxyl groups excluding tert-OH is 1. The summed E-state index contributed by atoms with van der Waals surface area (Å²) in [5, 5.41) is 9.58. The van der Waals surface area contributed by atoms with Gasteiger partial charge in [0, 0.05) is 12.8 Å². The molecule has 1 N–H and O–H groups in total. The summed E-state index contributed by atoms with van der Waals surface area (Å²) in [6, 6.07) is 0. The highest BCUT2D eigenvalue weighted by Gasteiger charge is 2.15. The molecule has 58 heavy (non-hydrogen) atoms. The number of rotatable bonds is 37. The standard InChI is InChI=1S/C53H78O5/c1-3-5-7-9-11-13-15-17-19-21-22-23-24-25-26-27-28-29-30-32-34-36-38-40-42-44-46-48-53(56)58-51(49-54)50-57-52(55)47-45-43-41-39-37-35-33-31-20-18-16-14-12-10-8-6-4-2/h5-8,11-14,17-20,22-23,25-26,28-29,32-35,38-41,51,54H,3-4,9-10,15-16,21,24,27,30-31,36-37,42-50H2,1-2H3/b7-5-,8-6-,13-11-,14-12-,19-17-,20-18-,23-22-,26-25-,29-28-,34-32-,35-33-,40-38-,41-39-. The van der Waals surface area contributed by atoms with Crippen molar-refractivity contribution in [3.63, 3.8) is 0 Å². The van der Waals surface area contributed by atoms with Gasteiger partial charge in [0.1, 0.15) is 6.61 Å². The summed E-state index contributed by atoms with van der Waals surface area (Å²) in [6.45, 7) is 3.79. The molecule has 0 aromatic heterocycles. The Morgan fingerprint density at radius 1 is 0.397 bits per heavy atom. The van der Waals surface area contributed by atoms with Crippen LogP contribution in [-0.2, 0) is 19.1 Å². The van der Waals surface area contributed by atoms with Gasteiger partial charge in [-0.2, -0.15) is 0 Å². The van der Waals surface area contributed by atoms with Crippen molar-refractivity contribution >= 4 is 11.9 Å². The van der Waals surface area contributed by atoms with Crippen LogP contribution in [0.25, 0.3) is 0 Å². The molecule has 0 bridgehead atoms. The second-order valence-corrected chi connectivity index (χ2v) is 13.7. The summed E-state index contributed by atoms with van der Waals surface area (Å²) in [5.41, 5.74) is 0. The molecular weight excluding hydrogens is 717 g/mol. The van der Waals surface area contributed by atoms with Crippen molar-refractivity contribution in [3.8, 4) is 0 Å². The molecule has 0 aromatic rings. The van der Waals surface area contributed by atoms with Crippen molar-refractivity contribution < 1.29 is 24.2 Å². The average Bonchev–Trinajstić information content (AvgIpc) is 3.23. The van der Waals surface area contributed by atoms with E-state index in [-0.39, 0.29) is 38.0 Å². The number of aliphatic hydroxyl groups is 1. The van der Waals surface area contributed by atoms with Crippen LogP contribution in [0.2, 0.25) is 0 Å². The smallest absolute Gasteiger partial charge is 0.306 e. The molecule has 0 aliphatic carbocycles. The van der Waals surface area contributed by atoms with Crippen molar-refractivity contribution in [1.29, 1.82) is 0 Å². The van der Waals surface area contributed by atoms with Gasteiger partial charge in [-0.05, 0) is 116 Å². The highest BCUT2D eigenvalue weighted by Crippen LogP contribution is 2.07.